The lowest BCUT2D eigenvalue weighted by Gasteiger charge is -2.32. The number of nitrogens with zero attached hydrogens (tertiary/aromatic N) is 1. The molecule has 4 nitrogen and oxygen atoms in total. The van der Waals surface area contributed by atoms with Crippen LogP contribution in [0.4, 0.5) is 4.79 Å². The van der Waals surface area contributed by atoms with Crippen LogP contribution in [0.5, 0.6) is 0 Å². The molecule has 0 spiro atoms. The second kappa shape index (κ2) is 5.53. The van der Waals surface area contributed by atoms with Gasteiger partial charge in [0.1, 0.15) is 6.10 Å². The lowest BCUT2D eigenvalue weighted by atomic mass is 9.92. The van der Waals surface area contributed by atoms with Gasteiger partial charge < -0.3 is 15.0 Å². The van der Waals surface area contributed by atoms with Crippen LogP contribution in [0.25, 0.3) is 0 Å². The van der Waals surface area contributed by atoms with Crippen LogP contribution >= 0.6 is 0 Å². The van der Waals surface area contributed by atoms with E-state index in [0.29, 0.717) is 6.04 Å². The van der Waals surface area contributed by atoms with Crippen molar-refractivity contribution in [1.29, 1.82) is 0 Å². The van der Waals surface area contributed by atoms with Gasteiger partial charge in [-0.15, -0.1) is 0 Å². The topological polar surface area (TPSA) is 41.6 Å². The summed E-state index contributed by atoms with van der Waals surface area (Å²) in [6.45, 7) is 1.74. The number of carbonyl (C=O) groups is 1. The number of likely N-dealkylation sites (N-methyl/N-ethyl adjacent to an activating group) is 1. The van der Waals surface area contributed by atoms with Crippen LogP contribution in [0.3, 0.4) is 0 Å². The summed E-state index contributed by atoms with van der Waals surface area (Å²) in [7, 11) is 1.95. The van der Waals surface area contributed by atoms with Crippen LogP contribution in [-0.4, -0.2) is 43.3 Å². The maximum absolute atomic E-state index is 11.9. The van der Waals surface area contributed by atoms with Crippen LogP contribution in [0.15, 0.2) is 0 Å². The summed E-state index contributed by atoms with van der Waals surface area (Å²) < 4.78 is 5.60. The molecular formula is C12H22N2O2. The third-order valence-corrected chi connectivity index (χ3v) is 3.69. The third-order valence-electron chi connectivity index (χ3n) is 3.69. The summed E-state index contributed by atoms with van der Waals surface area (Å²) in [5.41, 5.74) is 0. The normalized spacial score (nSPS) is 30.4. The Labute approximate surface area is 97.3 Å². The van der Waals surface area contributed by atoms with Gasteiger partial charge in [-0.3, -0.25) is 0 Å². The highest BCUT2D eigenvalue weighted by Gasteiger charge is 2.29. The minimum absolute atomic E-state index is 0.0758. The smallest absolute Gasteiger partial charge is 0.410 e. The Kier molecular flexibility index (Phi) is 4.04. The molecule has 0 radical (unpaired) electrons. The Hall–Kier alpha value is -0.770. The molecule has 1 aliphatic carbocycles. The minimum Gasteiger partial charge on any atom is -0.444 e. The highest BCUT2D eigenvalue weighted by atomic mass is 16.6. The second-order valence-corrected chi connectivity index (χ2v) is 4.80. The average Bonchev–Trinajstić information content (AvgIpc) is 2.83. The summed E-state index contributed by atoms with van der Waals surface area (Å²) in [6.07, 6.45) is 6.75. The molecule has 1 aliphatic heterocycles. The van der Waals surface area contributed by atoms with Gasteiger partial charge in [-0.25, -0.2) is 4.79 Å². The molecule has 2 fully saturated rings. The van der Waals surface area contributed by atoms with E-state index in [9.17, 15) is 4.79 Å². The summed E-state index contributed by atoms with van der Waals surface area (Å²) in [5, 5.41) is 3.25. The number of hydrogen-bond donors (Lipinski definition) is 1. The van der Waals surface area contributed by atoms with E-state index in [1.54, 1.807) is 0 Å². The molecule has 1 heterocycles. The van der Waals surface area contributed by atoms with Gasteiger partial charge in [0.15, 0.2) is 0 Å². The standard InChI is InChI=1S/C12H22N2O2/c1-13-10-6-2-3-7-11(10)16-12(15)14-8-4-5-9-14/h10-11,13H,2-9H2,1H3. The Bertz CT molecular complexity index is 239. The monoisotopic (exact) mass is 226 g/mol. The van der Waals surface area contributed by atoms with Crippen LogP contribution < -0.4 is 5.32 Å². The molecular weight excluding hydrogens is 204 g/mol. The fourth-order valence-electron chi connectivity index (χ4n) is 2.67. The summed E-state index contributed by atoms with van der Waals surface area (Å²) in [6, 6.07) is 0.348. The Morgan fingerprint density at radius 3 is 2.56 bits per heavy atom. The minimum atomic E-state index is -0.107. The molecule has 1 N–H and O–H groups in total. The number of ether oxygens (including phenoxy) is 1. The molecule has 0 aromatic carbocycles. The highest BCUT2D eigenvalue weighted by Crippen LogP contribution is 2.22. The predicted molar refractivity (Wildman–Crippen MR) is 62.4 cm³/mol. The largest absolute Gasteiger partial charge is 0.444 e. The SMILES string of the molecule is CNC1CCCCC1OC(=O)N1CCCC1. The summed E-state index contributed by atoms with van der Waals surface area (Å²) in [5.74, 6) is 0. The van der Waals surface area contributed by atoms with E-state index < -0.39 is 0 Å². The second-order valence-electron chi connectivity index (χ2n) is 4.80. The number of likely N-dealkylation sites (tertiary alicyclic amines) is 1. The van der Waals surface area contributed by atoms with Crippen molar-refractivity contribution in [2.24, 2.45) is 0 Å². The van der Waals surface area contributed by atoms with Gasteiger partial charge in [0.2, 0.25) is 0 Å². The number of carbonyl (C=O) groups excluding carboxylic acids is 1. The predicted octanol–water partition coefficient (Wildman–Crippen LogP) is 1.75. The Morgan fingerprint density at radius 1 is 1.19 bits per heavy atom. The van der Waals surface area contributed by atoms with Crippen molar-refractivity contribution < 1.29 is 9.53 Å². The van der Waals surface area contributed by atoms with Crippen molar-refractivity contribution in [3.05, 3.63) is 0 Å². The van der Waals surface area contributed by atoms with Crippen LogP contribution in [0.2, 0.25) is 0 Å². The van der Waals surface area contributed by atoms with E-state index in [0.717, 1.165) is 38.8 Å². The first-order chi connectivity index (χ1) is 7.81. The zero-order valence-corrected chi connectivity index (χ0v) is 10.1. The van der Waals surface area contributed by atoms with Crippen molar-refractivity contribution in [3.63, 3.8) is 0 Å². The lowest BCUT2D eigenvalue weighted by Crippen LogP contribution is -2.44. The van der Waals surface area contributed by atoms with Gasteiger partial charge in [0.25, 0.3) is 0 Å². The van der Waals surface area contributed by atoms with E-state index in [4.69, 9.17) is 4.74 Å². The molecule has 2 rings (SSSR count). The van der Waals surface area contributed by atoms with Crippen molar-refractivity contribution in [2.45, 2.75) is 50.7 Å². The van der Waals surface area contributed by atoms with E-state index in [2.05, 4.69) is 5.32 Å². The average molecular weight is 226 g/mol. The van der Waals surface area contributed by atoms with Gasteiger partial charge >= 0.3 is 6.09 Å². The zero-order valence-electron chi connectivity index (χ0n) is 10.1. The molecule has 2 unspecified atom stereocenters. The molecule has 0 bridgehead atoms. The third kappa shape index (κ3) is 2.67. The Balaban J connectivity index is 1.84. The molecule has 0 aromatic heterocycles. The van der Waals surface area contributed by atoms with Gasteiger partial charge in [-0.2, -0.15) is 0 Å². The first-order valence-electron chi connectivity index (χ1n) is 6.44. The fraction of sp³-hybridized carbons (Fsp3) is 0.917. The molecule has 2 atom stereocenters. The Morgan fingerprint density at radius 2 is 1.88 bits per heavy atom. The molecule has 4 heteroatoms. The molecule has 1 saturated heterocycles. The number of nitrogens with one attached hydrogen (secondary N) is 1. The van der Waals surface area contributed by atoms with Crippen LogP contribution in [0.1, 0.15) is 38.5 Å². The van der Waals surface area contributed by atoms with Crippen molar-refractivity contribution in [2.75, 3.05) is 20.1 Å². The first-order valence-corrected chi connectivity index (χ1v) is 6.44. The van der Waals surface area contributed by atoms with Gasteiger partial charge in [-0.1, -0.05) is 6.42 Å². The molecule has 1 saturated carbocycles. The van der Waals surface area contributed by atoms with Crippen LogP contribution in [0, 0.1) is 0 Å². The van der Waals surface area contributed by atoms with Crippen molar-refractivity contribution in [1.82, 2.24) is 10.2 Å². The van der Waals surface area contributed by atoms with Crippen molar-refractivity contribution in [3.8, 4) is 0 Å². The van der Waals surface area contributed by atoms with E-state index in [1.807, 2.05) is 11.9 Å². The lowest BCUT2D eigenvalue weighted by molar-refractivity contribution is 0.0337. The van der Waals surface area contributed by atoms with E-state index in [-0.39, 0.29) is 12.2 Å². The summed E-state index contributed by atoms with van der Waals surface area (Å²) in [4.78, 5) is 13.7. The number of hydrogen-bond acceptors (Lipinski definition) is 3. The van der Waals surface area contributed by atoms with Crippen LogP contribution in [-0.2, 0) is 4.74 Å². The first kappa shape index (κ1) is 11.7. The van der Waals surface area contributed by atoms with Gasteiger partial charge in [0, 0.05) is 19.1 Å². The van der Waals surface area contributed by atoms with E-state index >= 15 is 0 Å². The summed E-state index contributed by atoms with van der Waals surface area (Å²) >= 11 is 0. The highest BCUT2D eigenvalue weighted by molar-refractivity contribution is 5.68. The van der Waals surface area contributed by atoms with Crippen molar-refractivity contribution >= 4 is 6.09 Å². The molecule has 2 aliphatic rings. The molecule has 0 aromatic rings. The molecule has 92 valence electrons. The number of amides is 1. The molecule has 1 amide bonds. The quantitative estimate of drug-likeness (QED) is 0.780. The zero-order chi connectivity index (χ0) is 11.4. The van der Waals surface area contributed by atoms with Gasteiger partial charge in [0.05, 0.1) is 0 Å². The molecule has 16 heavy (non-hydrogen) atoms. The fourth-order valence-corrected chi connectivity index (χ4v) is 2.67. The maximum Gasteiger partial charge on any atom is 0.410 e. The maximum atomic E-state index is 11.9. The van der Waals surface area contributed by atoms with E-state index in [1.165, 1.54) is 12.8 Å². The number of rotatable bonds is 2. The van der Waals surface area contributed by atoms with Gasteiger partial charge in [-0.05, 0) is 39.2 Å².